The number of carbonyl (C=O) groups is 2. The first kappa shape index (κ1) is 15.6. The largest absolute Gasteiger partial charge is 0.490 e. The van der Waals surface area contributed by atoms with Crippen LogP contribution in [0.3, 0.4) is 0 Å². The molecule has 6 heteroatoms. The van der Waals surface area contributed by atoms with E-state index in [0.717, 1.165) is 11.3 Å². The molecule has 0 unspecified atom stereocenters. The number of nitrogens with one attached hydrogen (secondary N) is 1. The molecule has 0 saturated carbocycles. The molecule has 0 fully saturated rings. The number of hydrogen-bond donors (Lipinski definition) is 1. The minimum absolute atomic E-state index is 0.114. The van der Waals surface area contributed by atoms with Crippen molar-refractivity contribution in [1.29, 1.82) is 0 Å². The summed E-state index contributed by atoms with van der Waals surface area (Å²) in [4.78, 5) is 23.0. The summed E-state index contributed by atoms with van der Waals surface area (Å²) in [6.45, 7) is 2.11. The van der Waals surface area contributed by atoms with Crippen LogP contribution >= 0.6 is 0 Å². The van der Waals surface area contributed by atoms with E-state index in [4.69, 9.17) is 13.9 Å². The second-order valence-electron chi connectivity index (χ2n) is 4.55. The van der Waals surface area contributed by atoms with Gasteiger partial charge in [0.2, 0.25) is 0 Å². The number of benzene rings is 1. The minimum atomic E-state index is -0.534. The van der Waals surface area contributed by atoms with Crippen molar-refractivity contribution < 1.29 is 23.5 Å². The van der Waals surface area contributed by atoms with Crippen molar-refractivity contribution in [3.05, 3.63) is 54.0 Å². The second-order valence-corrected chi connectivity index (χ2v) is 4.55. The Bertz CT molecular complexity index is 621. The third kappa shape index (κ3) is 4.97. The molecule has 2 rings (SSSR count). The first-order chi connectivity index (χ1) is 10.6. The molecule has 0 atom stereocenters. The molecule has 0 spiro atoms. The van der Waals surface area contributed by atoms with Gasteiger partial charge in [0, 0.05) is 0 Å². The molecule has 2 aromatic rings. The number of amides is 1. The van der Waals surface area contributed by atoms with Crippen molar-refractivity contribution in [2.24, 2.45) is 0 Å². The standard InChI is InChI=1S/C16H17NO5/c1-12-4-2-5-13(10-12)20-8-9-22-15(18)11-17-16(19)14-6-3-7-21-14/h2-7,10H,8-9,11H2,1H3,(H,17,19). The van der Waals surface area contributed by atoms with E-state index in [0.29, 0.717) is 0 Å². The summed E-state index contributed by atoms with van der Waals surface area (Å²) in [5.74, 6) is -0.122. The van der Waals surface area contributed by atoms with Gasteiger partial charge in [0.1, 0.15) is 25.5 Å². The first-order valence-corrected chi connectivity index (χ1v) is 6.82. The number of ether oxygens (including phenoxy) is 2. The molecule has 0 bridgehead atoms. The van der Waals surface area contributed by atoms with Crippen LogP contribution < -0.4 is 10.1 Å². The number of aryl methyl sites for hydroxylation is 1. The molecule has 1 heterocycles. The van der Waals surface area contributed by atoms with Crippen LogP contribution in [0.25, 0.3) is 0 Å². The van der Waals surface area contributed by atoms with E-state index in [2.05, 4.69) is 5.32 Å². The first-order valence-electron chi connectivity index (χ1n) is 6.82. The SMILES string of the molecule is Cc1cccc(OCCOC(=O)CNC(=O)c2ccco2)c1. The second kappa shape index (κ2) is 7.87. The lowest BCUT2D eigenvalue weighted by atomic mass is 10.2. The maximum Gasteiger partial charge on any atom is 0.325 e. The van der Waals surface area contributed by atoms with Crippen molar-refractivity contribution in [1.82, 2.24) is 5.32 Å². The Kier molecular flexibility index (Phi) is 5.59. The van der Waals surface area contributed by atoms with E-state index in [1.54, 1.807) is 6.07 Å². The van der Waals surface area contributed by atoms with Gasteiger partial charge in [0.25, 0.3) is 5.91 Å². The molecule has 22 heavy (non-hydrogen) atoms. The molecule has 0 aliphatic rings. The predicted molar refractivity (Wildman–Crippen MR) is 78.7 cm³/mol. The topological polar surface area (TPSA) is 77.8 Å². The fourth-order valence-corrected chi connectivity index (χ4v) is 1.72. The van der Waals surface area contributed by atoms with Crippen LogP contribution in [0.1, 0.15) is 16.1 Å². The van der Waals surface area contributed by atoms with Crippen LogP contribution in [-0.4, -0.2) is 31.6 Å². The fraction of sp³-hybridized carbons (Fsp3) is 0.250. The molecule has 1 aromatic heterocycles. The zero-order chi connectivity index (χ0) is 15.8. The van der Waals surface area contributed by atoms with Crippen LogP contribution in [-0.2, 0) is 9.53 Å². The Labute approximate surface area is 128 Å². The zero-order valence-electron chi connectivity index (χ0n) is 12.2. The van der Waals surface area contributed by atoms with Crippen molar-refractivity contribution in [3.63, 3.8) is 0 Å². The molecular formula is C16H17NO5. The van der Waals surface area contributed by atoms with Crippen LogP contribution in [0.2, 0.25) is 0 Å². The maximum atomic E-state index is 11.5. The van der Waals surface area contributed by atoms with E-state index in [9.17, 15) is 9.59 Å². The Balaban J connectivity index is 1.61. The number of hydrogen-bond acceptors (Lipinski definition) is 5. The third-order valence-electron chi connectivity index (χ3n) is 2.74. The molecular weight excluding hydrogens is 286 g/mol. The Hall–Kier alpha value is -2.76. The number of carbonyl (C=O) groups excluding carboxylic acids is 2. The molecule has 0 saturated heterocycles. The van der Waals surface area contributed by atoms with Gasteiger partial charge >= 0.3 is 5.97 Å². The zero-order valence-corrected chi connectivity index (χ0v) is 12.2. The van der Waals surface area contributed by atoms with Crippen LogP contribution in [0, 0.1) is 6.92 Å². The van der Waals surface area contributed by atoms with Crippen LogP contribution in [0.4, 0.5) is 0 Å². The van der Waals surface area contributed by atoms with Crippen molar-refractivity contribution in [2.45, 2.75) is 6.92 Å². The summed E-state index contributed by atoms with van der Waals surface area (Å²) >= 11 is 0. The molecule has 0 aliphatic carbocycles. The third-order valence-corrected chi connectivity index (χ3v) is 2.74. The summed E-state index contributed by atoms with van der Waals surface area (Å²) in [7, 11) is 0. The highest BCUT2D eigenvalue weighted by Gasteiger charge is 2.10. The van der Waals surface area contributed by atoms with Gasteiger partial charge in [0.15, 0.2) is 5.76 Å². The van der Waals surface area contributed by atoms with Gasteiger partial charge in [-0.05, 0) is 36.8 Å². The highest BCUT2D eigenvalue weighted by molar-refractivity contribution is 5.93. The lowest BCUT2D eigenvalue weighted by molar-refractivity contribution is -0.143. The number of esters is 1. The molecule has 1 N–H and O–H groups in total. The smallest absolute Gasteiger partial charge is 0.325 e. The lowest BCUT2D eigenvalue weighted by Gasteiger charge is -2.08. The van der Waals surface area contributed by atoms with Gasteiger partial charge in [-0.2, -0.15) is 0 Å². The highest BCUT2D eigenvalue weighted by atomic mass is 16.6. The molecule has 6 nitrogen and oxygen atoms in total. The predicted octanol–water partition coefficient (Wildman–Crippen LogP) is 1.94. The Morgan fingerprint density at radius 2 is 2.05 bits per heavy atom. The number of rotatable bonds is 7. The molecule has 0 aliphatic heterocycles. The normalized spacial score (nSPS) is 10.0. The van der Waals surface area contributed by atoms with E-state index >= 15 is 0 Å². The summed E-state index contributed by atoms with van der Waals surface area (Å²) in [6.07, 6.45) is 1.38. The summed E-state index contributed by atoms with van der Waals surface area (Å²) in [5.41, 5.74) is 1.09. The van der Waals surface area contributed by atoms with E-state index in [-0.39, 0.29) is 25.5 Å². The van der Waals surface area contributed by atoms with Crippen molar-refractivity contribution in [2.75, 3.05) is 19.8 Å². The Morgan fingerprint density at radius 3 is 2.77 bits per heavy atom. The van der Waals surface area contributed by atoms with Gasteiger partial charge in [-0.1, -0.05) is 12.1 Å². The maximum absolute atomic E-state index is 11.5. The average Bonchev–Trinajstić information content (AvgIpc) is 3.04. The van der Waals surface area contributed by atoms with Crippen LogP contribution in [0.5, 0.6) is 5.75 Å². The van der Waals surface area contributed by atoms with Gasteiger partial charge in [-0.25, -0.2) is 0 Å². The highest BCUT2D eigenvalue weighted by Crippen LogP contribution is 2.11. The van der Waals surface area contributed by atoms with E-state index in [1.807, 2.05) is 31.2 Å². The van der Waals surface area contributed by atoms with Gasteiger partial charge in [0.05, 0.1) is 6.26 Å². The molecule has 116 valence electrons. The quantitative estimate of drug-likeness (QED) is 0.625. The summed E-state index contributed by atoms with van der Waals surface area (Å²) in [6, 6.07) is 10.7. The monoisotopic (exact) mass is 303 g/mol. The molecule has 1 amide bonds. The average molecular weight is 303 g/mol. The van der Waals surface area contributed by atoms with Gasteiger partial charge < -0.3 is 19.2 Å². The van der Waals surface area contributed by atoms with E-state index in [1.165, 1.54) is 12.3 Å². The summed E-state index contributed by atoms with van der Waals surface area (Å²) < 4.78 is 15.3. The Morgan fingerprint density at radius 1 is 1.18 bits per heavy atom. The van der Waals surface area contributed by atoms with E-state index < -0.39 is 11.9 Å². The number of furan rings is 1. The van der Waals surface area contributed by atoms with Gasteiger partial charge in [-0.15, -0.1) is 0 Å². The van der Waals surface area contributed by atoms with Crippen molar-refractivity contribution in [3.8, 4) is 5.75 Å². The fourth-order valence-electron chi connectivity index (χ4n) is 1.72. The van der Waals surface area contributed by atoms with Crippen LogP contribution in [0.15, 0.2) is 47.1 Å². The molecule has 0 radical (unpaired) electrons. The van der Waals surface area contributed by atoms with Crippen molar-refractivity contribution >= 4 is 11.9 Å². The van der Waals surface area contributed by atoms with Gasteiger partial charge in [-0.3, -0.25) is 9.59 Å². The minimum Gasteiger partial charge on any atom is -0.490 e. The molecule has 1 aromatic carbocycles. The summed E-state index contributed by atoms with van der Waals surface area (Å²) in [5, 5.41) is 2.40. The lowest BCUT2D eigenvalue weighted by Crippen LogP contribution is -2.31.